The minimum Gasteiger partial charge on any atom is -0.457 e. The van der Waals surface area contributed by atoms with E-state index in [0.29, 0.717) is 24.4 Å². The Hall–Kier alpha value is -4.46. The van der Waals surface area contributed by atoms with Crippen molar-refractivity contribution >= 4 is 34.3 Å². The lowest BCUT2D eigenvalue weighted by atomic mass is 10.2. The lowest BCUT2D eigenvalue weighted by Gasteiger charge is -2.16. The van der Waals surface area contributed by atoms with Gasteiger partial charge in [-0.2, -0.15) is 0 Å². The van der Waals surface area contributed by atoms with Crippen LogP contribution in [0.15, 0.2) is 85.7 Å². The second kappa shape index (κ2) is 9.58. The van der Waals surface area contributed by atoms with Crippen LogP contribution in [-0.2, 0) is 4.79 Å². The predicted octanol–water partition coefficient (Wildman–Crippen LogP) is 4.76. The van der Waals surface area contributed by atoms with Crippen LogP contribution in [0, 0.1) is 0 Å². The first-order valence-electron chi connectivity index (χ1n) is 11.1. The number of rotatable bonds is 7. The number of hydrogen-bond acceptors (Lipinski definition) is 7. The van der Waals surface area contributed by atoms with Crippen molar-refractivity contribution in [3.05, 3.63) is 85.7 Å². The fourth-order valence-corrected chi connectivity index (χ4v) is 3.90. The summed E-state index contributed by atoms with van der Waals surface area (Å²) in [6, 6.07) is 21.2. The zero-order chi connectivity index (χ0) is 23.3. The van der Waals surface area contributed by atoms with Crippen molar-refractivity contribution in [2.45, 2.75) is 12.5 Å². The van der Waals surface area contributed by atoms with Crippen LogP contribution >= 0.6 is 0 Å². The zero-order valence-electron chi connectivity index (χ0n) is 18.5. The van der Waals surface area contributed by atoms with Gasteiger partial charge in [-0.15, -0.1) is 0 Å². The monoisotopic (exact) mass is 452 g/mol. The van der Waals surface area contributed by atoms with Gasteiger partial charge in [0.2, 0.25) is 5.91 Å². The van der Waals surface area contributed by atoms with E-state index in [1.165, 1.54) is 12.4 Å². The van der Waals surface area contributed by atoms with Crippen molar-refractivity contribution in [3.8, 4) is 11.5 Å². The molecule has 8 nitrogen and oxygen atoms in total. The number of likely N-dealkylation sites (tertiary alicyclic amines) is 1. The smallest absolute Gasteiger partial charge is 0.246 e. The molecule has 1 amide bonds. The Morgan fingerprint density at radius 3 is 2.62 bits per heavy atom. The van der Waals surface area contributed by atoms with Crippen LogP contribution in [0.2, 0.25) is 0 Å². The van der Waals surface area contributed by atoms with Gasteiger partial charge in [-0.05, 0) is 61.0 Å². The summed E-state index contributed by atoms with van der Waals surface area (Å²) in [6.07, 6.45) is 3.72. The van der Waals surface area contributed by atoms with Crippen molar-refractivity contribution in [3.63, 3.8) is 0 Å². The van der Waals surface area contributed by atoms with Gasteiger partial charge >= 0.3 is 0 Å². The highest BCUT2D eigenvalue weighted by Crippen LogP contribution is 2.27. The molecule has 1 aliphatic rings. The number of aromatic nitrogens is 3. The van der Waals surface area contributed by atoms with Crippen molar-refractivity contribution in [2.75, 3.05) is 23.7 Å². The molecular formula is C26H24N6O2. The third-order valence-electron chi connectivity index (χ3n) is 5.60. The normalized spacial score (nSPS) is 15.2. The number of carbonyl (C=O) groups is 1. The molecule has 1 saturated heterocycles. The third kappa shape index (κ3) is 4.80. The second-order valence-corrected chi connectivity index (χ2v) is 7.97. The zero-order valence-corrected chi connectivity index (χ0v) is 18.5. The average molecular weight is 453 g/mol. The van der Waals surface area contributed by atoms with E-state index in [4.69, 9.17) is 9.72 Å². The second-order valence-electron chi connectivity index (χ2n) is 7.97. The number of amides is 1. The molecule has 0 saturated carbocycles. The summed E-state index contributed by atoms with van der Waals surface area (Å²) < 4.78 is 5.86. The molecule has 170 valence electrons. The van der Waals surface area contributed by atoms with E-state index < -0.39 is 0 Å². The summed E-state index contributed by atoms with van der Waals surface area (Å²) in [5.74, 6) is 2.81. The lowest BCUT2D eigenvalue weighted by Crippen LogP contribution is -2.30. The molecule has 1 aliphatic heterocycles. The number of nitrogens with one attached hydrogen (secondary N) is 2. The van der Waals surface area contributed by atoms with E-state index in [9.17, 15) is 4.79 Å². The molecular weight excluding hydrogens is 428 g/mol. The molecule has 2 N–H and O–H groups in total. The summed E-state index contributed by atoms with van der Waals surface area (Å²) in [4.78, 5) is 27.1. The molecule has 34 heavy (non-hydrogen) atoms. The topological polar surface area (TPSA) is 92.3 Å². The predicted molar refractivity (Wildman–Crippen MR) is 132 cm³/mol. The molecule has 2 aromatic heterocycles. The Morgan fingerprint density at radius 1 is 1.03 bits per heavy atom. The minimum absolute atomic E-state index is 0.0455. The van der Waals surface area contributed by atoms with Gasteiger partial charge in [-0.1, -0.05) is 24.8 Å². The fraction of sp³-hybridized carbons (Fsp3) is 0.154. The van der Waals surface area contributed by atoms with E-state index in [1.54, 1.807) is 4.90 Å². The molecule has 3 heterocycles. The molecule has 1 unspecified atom stereocenters. The van der Waals surface area contributed by atoms with Crippen LogP contribution in [0.3, 0.4) is 0 Å². The quantitative estimate of drug-likeness (QED) is 0.391. The van der Waals surface area contributed by atoms with Gasteiger partial charge in [-0.3, -0.25) is 4.79 Å². The first-order chi connectivity index (χ1) is 16.7. The van der Waals surface area contributed by atoms with E-state index in [2.05, 4.69) is 27.2 Å². The van der Waals surface area contributed by atoms with Crippen LogP contribution in [0.4, 0.5) is 17.3 Å². The van der Waals surface area contributed by atoms with E-state index in [-0.39, 0.29) is 11.9 Å². The number of pyridine rings is 1. The van der Waals surface area contributed by atoms with Crippen molar-refractivity contribution < 1.29 is 9.53 Å². The molecule has 0 aliphatic carbocycles. The number of fused-ring (bicyclic) bond motifs is 1. The number of anilines is 3. The first kappa shape index (κ1) is 21.4. The number of ether oxygens (including phenoxy) is 1. The highest BCUT2D eigenvalue weighted by Gasteiger charge is 2.25. The first-order valence-corrected chi connectivity index (χ1v) is 11.1. The number of nitrogens with zero attached hydrogens (tertiary/aromatic N) is 4. The molecule has 8 heteroatoms. The molecule has 4 aromatic rings. The highest BCUT2D eigenvalue weighted by atomic mass is 16.5. The van der Waals surface area contributed by atoms with E-state index >= 15 is 0 Å². The Labute approximate surface area is 197 Å². The van der Waals surface area contributed by atoms with Crippen LogP contribution in [0.1, 0.15) is 6.42 Å². The molecule has 0 spiro atoms. The maximum absolute atomic E-state index is 11.8. The number of para-hydroxylation sites is 1. The SMILES string of the molecule is C=CC(=O)N1CCC(Nc2ccc3ncnc(Nc4ccc(Oc5ccccc5)cc4)c3n2)C1. The molecule has 1 atom stereocenters. The highest BCUT2D eigenvalue weighted by molar-refractivity contribution is 5.88. The molecule has 0 bridgehead atoms. The summed E-state index contributed by atoms with van der Waals surface area (Å²) >= 11 is 0. The van der Waals surface area contributed by atoms with Crippen molar-refractivity contribution in [2.24, 2.45) is 0 Å². The Bertz CT molecular complexity index is 1310. The Kier molecular flexibility index (Phi) is 6.03. The van der Waals surface area contributed by atoms with Gasteiger partial charge < -0.3 is 20.3 Å². The Morgan fingerprint density at radius 2 is 1.82 bits per heavy atom. The maximum Gasteiger partial charge on any atom is 0.246 e. The molecule has 2 aromatic carbocycles. The van der Waals surface area contributed by atoms with E-state index in [1.807, 2.05) is 66.7 Å². The van der Waals surface area contributed by atoms with Gasteiger partial charge in [0.1, 0.15) is 29.2 Å². The molecule has 1 fully saturated rings. The van der Waals surface area contributed by atoms with Gasteiger partial charge in [-0.25, -0.2) is 15.0 Å². The number of carbonyl (C=O) groups excluding carboxylic acids is 1. The van der Waals surface area contributed by atoms with Crippen molar-refractivity contribution in [1.29, 1.82) is 0 Å². The van der Waals surface area contributed by atoms with Crippen LogP contribution in [0.5, 0.6) is 11.5 Å². The van der Waals surface area contributed by atoms with Gasteiger partial charge in [0.05, 0.1) is 5.52 Å². The number of hydrogen-bond donors (Lipinski definition) is 2. The van der Waals surface area contributed by atoms with Crippen LogP contribution in [0.25, 0.3) is 11.0 Å². The third-order valence-corrected chi connectivity index (χ3v) is 5.60. The molecule has 0 radical (unpaired) electrons. The van der Waals surface area contributed by atoms with Crippen LogP contribution < -0.4 is 15.4 Å². The minimum atomic E-state index is -0.0455. The summed E-state index contributed by atoms with van der Waals surface area (Å²) in [5.41, 5.74) is 2.26. The average Bonchev–Trinajstić information content (AvgIpc) is 3.34. The fourth-order valence-electron chi connectivity index (χ4n) is 3.90. The maximum atomic E-state index is 11.8. The molecule has 5 rings (SSSR count). The van der Waals surface area contributed by atoms with Gasteiger partial charge in [0, 0.05) is 24.8 Å². The van der Waals surface area contributed by atoms with Gasteiger partial charge in [0.25, 0.3) is 0 Å². The summed E-state index contributed by atoms with van der Waals surface area (Å²) in [5, 5.41) is 6.75. The Balaban J connectivity index is 1.30. The largest absolute Gasteiger partial charge is 0.457 e. The number of benzene rings is 2. The van der Waals surface area contributed by atoms with E-state index in [0.717, 1.165) is 34.9 Å². The summed E-state index contributed by atoms with van der Waals surface area (Å²) in [7, 11) is 0. The lowest BCUT2D eigenvalue weighted by molar-refractivity contribution is -0.125. The summed E-state index contributed by atoms with van der Waals surface area (Å²) in [6.45, 7) is 4.89. The van der Waals surface area contributed by atoms with Gasteiger partial charge in [0.15, 0.2) is 5.82 Å². The standard InChI is InChI=1S/C26H24N6O2/c1-2-24(33)32-15-14-19(16-32)29-23-13-12-22-25(31-23)26(28-17-27-22)30-18-8-10-21(11-9-18)34-20-6-4-3-5-7-20/h2-13,17,19H,1,14-16H2,(H,29,31)(H,27,28,30). The van der Waals surface area contributed by atoms with Crippen LogP contribution in [-0.4, -0.2) is 44.9 Å². The van der Waals surface area contributed by atoms with Crippen molar-refractivity contribution in [1.82, 2.24) is 19.9 Å².